The van der Waals surface area contributed by atoms with Gasteiger partial charge in [0, 0.05) is 25.3 Å². The van der Waals surface area contributed by atoms with Crippen molar-refractivity contribution in [1.29, 1.82) is 0 Å². The average Bonchev–Trinajstić information content (AvgIpc) is 2.84. The maximum Gasteiger partial charge on any atom is 0.302 e. The van der Waals surface area contributed by atoms with E-state index in [1.165, 1.54) is 16.2 Å². The van der Waals surface area contributed by atoms with Crippen LogP contribution in [0, 0.1) is 5.92 Å². The van der Waals surface area contributed by atoms with Crippen molar-refractivity contribution in [2.75, 3.05) is 17.2 Å². The Hall–Kier alpha value is -1.09. The van der Waals surface area contributed by atoms with E-state index in [1.807, 2.05) is 6.92 Å². The number of nitrogens with zero attached hydrogens (tertiary/aromatic N) is 3. The van der Waals surface area contributed by atoms with Crippen molar-refractivity contribution >= 4 is 32.6 Å². The highest BCUT2D eigenvalue weighted by Gasteiger charge is 2.35. The van der Waals surface area contributed by atoms with Crippen LogP contribution in [-0.2, 0) is 21.4 Å². The van der Waals surface area contributed by atoms with Crippen molar-refractivity contribution in [1.82, 2.24) is 10.2 Å². The fraction of sp³-hybridized carbons (Fsp3) is 0.700. The monoisotopic (exact) mass is 307 g/mol. The third-order valence-corrected chi connectivity index (χ3v) is 4.67. The maximum absolute atomic E-state index is 12.6. The first kappa shape index (κ1) is 14.3. The van der Waals surface area contributed by atoms with Crippen LogP contribution in [0.3, 0.4) is 0 Å². The Balaban J connectivity index is 2.06. The predicted octanol–water partition coefficient (Wildman–Crippen LogP) is 1.14. The fourth-order valence-electron chi connectivity index (χ4n) is 2.03. The van der Waals surface area contributed by atoms with Gasteiger partial charge in [-0.15, -0.1) is 14.1 Å². The number of anilines is 1. The summed E-state index contributed by atoms with van der Waals surface area (Å²) in [5.74, 6) is -1.36. The number of carbonyl (C=O) groups excluding carboxylic acids is 1. The minimum atomic E-state index is -4.55. The number of halogens is 1. The summed E-state index contributed by atoms with van der Waals surface area (Å²) in [5, 5.41) is 9.20. The molecule has 2 rings (SSSR count). The van der Waals surface area contributed by atoms with Crippen LogP contribution >= 0.6 is 11.3 Å². The second-order valence-electron chi connectivity index (χ2n) is 4.51. The van der Waals surface area contributed by atoms with Crippen LogP contribution in [-0.4, -0.2) is 36.8 Å². The first-order valence-electron chi connectivity index (χ1n) is 5.94. The summed E-state index contributed by atoms with van der Waals surface area (Å²) in [6.45, 7) is 2.20. The molecule has 1 amide bonds. The van der Waals surface area contributed by atoms with E-state index in [1.54, 1.807) is 0 Å². The molecule has 1 aromatic rings. The van der Waals surface area contributed by atoms with Gasteiger partial charge in [0.25, 0.3) is 0 Å². The topological polar surface area (TPSA) is 80.2 Å². The molecule has 0 radical (unpaired) electrons. The predicted molar refractivity (Wildman–Crippen MR) is 69.3 cm³/mol. The molecule has 0 bridgehead atoms. The normalized spacial score (nSPS) is 20.2. The largest absolute Gasteiger partial charge is 0.302 e. The first-order chi connectivity index (χ1) is 8.89. The third-order valence-electron chi connectivity index (χ3n) is 2.79. The third kappa shape index (κ3) is 3.69. The molecule has 106 valence electrons. The zero-order valence-electron chi connectivity index (χ0n) is 10.4. The van der Waals surface area contributed by atoms with E-state index in [9.17, 15) is 17.1 Å². The Bertz CT molecular complexity index is 572. The standard InChI is InChI=1S/C10H14FN3O3S2/c1-2-3-8-12-13-10(18-8)14-5-7(4-9(14)15)6-19(11,16)17/h7H,2-6H2,1H3. The van der Waals surface area contributed by atoms with Crippen LogP contribution in [0.1, 0.15) is 24.8 Å². The van der Waals surface area contributed by atoms with Crippen LogP contribution in [0.2, 0.25) is 0 Å². The molecule has 0 aliphatic carbocycles. The summed E-state index contributed by atoms with van der Waals surface area (Å²) in [6.07, 6.45) is 1.76. The van der Waals surface area contributed by atoms with Crippen LogP contribution in [0.4, 0.5) is 9.02 Å². The lowest BCUT2D eigenvalue weighted by atomic mass is 10.1. The summed E-state index contributed by atoms with van der Waals surface area (Å²) in [5.41, 5.74) is 0. The lowest BCUT2D eigenvalue weighted by Crippen LogP contribution is -2.25. The second kappa shape index (κ2) is 5.49. The molecule has 19 heavy (non-hydrogen) atoms. The molecular weight excluding hydrogens is 293 g/mol. The summed E-state index contributed by atoms with van der Waals surface area (Å²) in [7, 11) is -4.55. The lowest BCUT2D eigenvalue weighted by Gasteiger charge is -2.11. The summed E-state index contributed by atoms with van der Waals surface area (Å²) in [6, 6.07) is 0. The molecule has 0 aromatic carbocycles. The van der Waals surface area contributed by atoms with Crippen LogP contribution < -0.4 is 4.90 Å². The van der Waals surface area contributed by atoms with Gasteiger partial charge < -0.3 is 0 Å². The second-order valence-corrected chi connectivity index (χ2v) is 6.96. The van der Waals surface area contributed by atoms with Crippen molar-refractivity contribution < 1.29 is 17.1 Å². The highest BCUT2D eigenvalue weighted by molar-refractivity contribution is 7.86. The minimum Gasteiger partial charge on any atom is -0.286 e. The molecule has 1 fully saturated rings. The minimum absolute atomic E-state index is 0.0336. The molecule has 9 heteroatoms. The van der Waals surface area contributed by atoms with E-state index < -0.39 is 21.9 Å². The molecule has 6 nitrogen and oxygen atoms in total. The fourth-order valence-corrected chi connectivity index (χ4v) is 3.78. The van der Waals surface area contributed by atoms with Gasteiger partial charge in [0.15, 0.2) is 0 Å². The number of hydrogen-bond donors (Lipinski definition) is 0. The van der Waals surface area contributed by atoms with Crippen LogP contribution in [0.25, 0.3) is 0 Å². The van der Waals surface area contributed by atoms with E-state index in [2.05, 4.69) is 10.2 Å². The van der Waals surface area contributed by atoms with Gasteiger partial charge in [-0.25, -0.2) is 0 Å². The van der Waals surface area contributed by atoms with E-state index in [0.717, 1.165) is 17.8 Å². The van der Waals surface area contributed by atoms with Gasteiger partial charge in [-0.05, 0) is 6.42 Å². The molecule has 1 aromatic heterocycles. The number of carbonyl (C=O) groups is 1. The number of aryl methyl sites for hydroxylation is 1. The Labute approximate surface area is 114 Å². The van der Waals surface area contributed by atoms with Crippen LogP contribution in [0.15, 0.2) is 0 Å². The SMILES string of the molecule is CCCc1nnc(N2CC(CS(=O)(=O)F)CC2=O)s1. The zero-order valence-corrected chi connectivity index (χ0v) is 12.0. The van der Waals surface area contributed by atoms with Gasteiger partial charge >= 0.3 is 10.2 Å². The van der Waals surface area contributed by atoms with E-state index in [-0.39, 0.29) is 18.9 Å². The number of aromatic nitrogens is 2. The number of hydrogen-bond acceptors (Lipinski definition) is 6. The zero-order chi connectivity index (χ0) is 14.0. The molecule has 1 atom stereocenters. The van der Waals surface area contributed by atoms with Gasteiger partial charge in [0.2, 0.25) is 11.0 Å². The smallest absolute Gasteiger partial charge is 0.286 e. The molecule has 1 saturated heterocycles. The Morgan fingerprint density at radius 1 is 1.47 bits per heavy atom. The van der Waals surface area contributed by atoms with Gasteiger partial charge in [0.05, 0.1) is 5.75 Å². The Morgan fingerprint density at radius 2 is 2.21 bits per heavy atom. The molecule has 0 N–H and O–H groups in total. The van der Waals surface area contributed by atoms with Gasteiger partial charge in [0.1, 0.15) is 5.01 Å². The van der Waals surface area contributed by atoms with Gasteiger partial charge in [-0.2, -0.15) is 8.42 Å². The van der Waals surface area contributed by atoms with E-state index >= 15 is 0 Å². The molecule has 1 unspecified atom stereocenters. The van der Waals surface area contributed by atoms with Crippen molar-refractivity contribution in [2.24, 2.45) is 5.92 Å². The molecule has 0 spiro atoms. The molecule has 2 heterocycles. The quantitative estimate of drug-likeness (QED) is 0.762. The van der Waals surface area contributed by atoms with E-state index in [4.69, 9.17) is 0 Å². The highest BCUT2D eigenvalue weighted by Crippen LogP contribution is 2.29. The molecule has 1 aliphatic rings. The number of amides is 1. The highest BCUT2D eigenvalue weighted by atomic mass is 32.3. The summed E-state index contributed by atoms with van der Waals surface area (Å²) >= 11 is 1.32. The maximum atomic E-state index is 12.6. The van der Waals surface area contributed by atoms with Gasteiger partial charge in [-0.1, -0.05) is 18.3 Å². The van der Waals surface area contributed by atoms with Gasteiger partial charge in [-0.3, -0.25) is 9.69 Å². The lowest BCUT2D eigenvalue weighted by molar-refractivity contribution is -0.117. The van der Waals surface area contributed by atoms with Crippen molar-refractivity contribution in [3.8, 4) is 0 Å². The molecule has 1 aliphatic heterocycles. The van der Waals surface area contributed by atoms with Crippen molar-refractivity contribution in [3.63, 3.8) is 0 Å². The first-order valence-corrected chi connectivity index (χ1v) is 8.31. The van der Waals surface area contributed by atoms with Crippen molar-refractivity contribution in [3.05, 3.63) is 5.01 Å². The van der Waals surface area contributed by atoms with Crippen molar-refractivity contribution in [2.45, 2.75) is 26.2 Å². The van der Waals surface area contributed by atoms with Crippen LogP contribution in [0.5, 0.6) is 0 Å². The van der Waals surface area contributed by atoms with E-state index in [0.29, 0.717) is 5.13 Å². The molecule has 0 saturated carbocycles. The summed E-state index contributed by atoms with van der Waals surface area (Å²) in [4.78, 5) is 13.2. The Morgan fingerprint density at radius 3 is 2.84 bits per heavy atom. The Kier molecular flexibility index (Phi) is 4.14. The summed E-state index contributed by atoms with van der Waals surface area (Å²) < 4.78 is 33.8. The average molecular weight is 307 g/mol. The molecular formula is C10H14FN3O3S2. The number of rotatable bonds is 5.